The normalized spacial score (nSPS) is 16.7. The van der Waals surface area contributed by atoms with Gasteiger partial charge in [-0.05, 0) is 54.3 Å². The van der Waals surface area contributed by atoms with E-state index >= 15 is 0 Å². The van der Waals surface area contributed by atoms with E-state index in [1.165, 1.54) is 11.1 Å². The lowest BCUT2D eigenvalue weighted by atomic mass is 9.93. The van der Waals surface area contributed by atoms with Gasteiger partial charge in [-0.3, -0.25) is 4.90 Å². The first-order chi connectivity index (χ1) is 15.6. The number of rotatable bonds is 7. The van der Waals surface area contributed by atoms with Crippen LogP contribution in [0.25, 0.3) is 10.8 Å². The van der Waals surface area contributed by atoms with E-state index in [2.05, 4.69) is 54.3 Å². The predicted octanol–water partition coefficient (Wildman–Crippen LogP) is 6.58. The first-order valence-electron chi connectivity index (χ1n) is 11.5. The number of halogens is 1. The van der Waals surface area contributed by atoms with Crippen LogP contribution in [0.1, 0.15) is 43.4 Å². The minimum absolute atomic E-state index is 0.108. The van der Waals surface area contributed by atoms with Gasteiger partial charge in [0.25, 0.3) is 0 Å². The molecule has 0 aromatic heterocycles. The van der Waals surface area contributed by atoms with Crippen LogP contribution in [-0.4, -0.2) is 36.2 Å². The van der Waals surface area contributed by atoms with Crippen LogP contribution in [0.5, 0.6) is 5.75 Å². The number of benzene rings is 3. The number of nitrogens with zero attached hydrogens (tertiary/aromatic N) is 1. The van der Waals surface area contributed by atoms with E-state index in [1.54, 1.807) is 7.11 Å². The first kappa shape index (κ1) is 22.8. The maximum absolute atomic E-state index is 11.3. The lowest BCUT2D eigenvalue weighted by Crippen LogP contribution is -2.43. The van der Waals surface area contributed by atoms with Crippen molar-refractivity contribution in [3.05, 3.63) is 88.5 Å². The summed E-state index contributed by atoms with van der Waals surface area (Å²) in [5.41, 5.74) is 3.83. The number of methoxy groups -OCH3 is 1. The topological polar surface area (TPSA) is 32.7 Å². The molecule has 1 N–H and O–H groups in total. The highest BCUT2D eigenvalue weighted by atomic mass is 35.5. The summed E-state index contributed by atoms with van der Waals surface area (Å²) in [7, 11) is 1.62. The molecule has 0 spiro atoms. The molecule has 1 aliphatic heterocycles. The van der Waals surface area contributed by atoms with Gasteiger partial charge in [0.15, 0.2) is 0 Å². The van der Waals surface area contributed by atoms with Crippen LogP contribution in [0.2, 0.25) is 5.02 Å². The number of aliphatic hydroxyl groups excluding tert-OH is 1. The molecule has 0 aliphatic carbocycles. The monoisotopic (exact) mass is 449 g/mol. The highest BCUT2D eigenvalue weighted by Gasteiger charge is 2.28. The molecule has 3 aromatic rings. The Labute approximate surface area is 196 Å². The Bertz CT molecular complexity index is 1070. The molecule has 0 unspecified atom stereocenters. The number of hydrogen-bond acceptors (Lipinski definition) is 3. The number of piperidine rings is 1. The van der Waals surface area contributed by atoms with Gasteiger partial charge < -0.3 is 9.84 Å². The van der Waals surface area contributed by atoms with Gasteiger partial charge in [0.05, 0.1) is 18.2 Å². The summed E-state index contributed by atoms with van der Waals surface area (Å²) in [6.45, 7) is 4.15. The van der Waals surface area contributed by atoms with Gasteiger partial charge in [0.1, 0.15) is 5.75 Å². The molecule has 1 fully saturated rings. The number of ether oxygens (including phenoxy) is 1. The molecule has 32 heavy (non-hydrogen) atoms. The predicted molar refractivity (Wildman–Crippen MR) is 134 cm³/mol. The number of allylic oxidation sites excluding steroid dienone is 1. The standard InChI is InChI=1S/C28H32ClNO2/c1-3-25(30-17-15-21(16-18-30)10-9-20-7-5-4-6-8-20)28(31)23-11-13-24-22(19-23)12-14-26(32-2)27(24)29/h4-8,10-14,19,25,28,31H,3,9,15-18H2,1-2H3/t25-,28-/m1/s1. The van der Waals surface area contributed by atoms with Gasteiger partial charge in [0, 0.05) is 24.5 Å². The van der Waals surface area contributed by atoms with Crippen molar-refractivity contribution in [2.75, 3.05) is 20.2 Å². The van der Waals surface area contributed by atoms with Crippen molar-refractivity contribution >= 4 is 22.4 Å². The van der Waals surface area contributed by atoms with E-state index < -0.39 is 6.10 Å². The van der Waals surface area contributed by atoms with Gasteiger partial charge in [-0.25, -0.2) is 0 Å². The minimum Gasteiger partial charge on any atom is -0.495 e. The van der Waals surface area contributed by atoms with Gasteiger partial charge in [0.2, 0.25) is 0 Å². The molecule has 0 saturated carbocycles. The zero-order valence-corrected chi connectivity index (χ0v) is 19.7. The molecular formula is C28H32ClNO2. The van der Waals surface area contributed by atoms with Crippen LogP contribution >= 0.6 is 11.6 Å². The van der Waals surface area contributed by atoms with Crippen LogP contribution in [0, 0.1) is 0 Å². The number of likely N-dealkylation sites (tertiary alicyclic amines) is 1. The lowest BCUT2D eigenvalue weighted by molar-refractivity contribution is 0.0411. The molecule has 0 amide bonds. The third-order valence-corrected chi connectivity index (χ3v) is 7.06. The van der Waals surface area contributed by atoms with Gasteiger partial charge in [-0.1, -0.05) is 78.7 Å². The second kappa shape index (κ2) is 10.5. The molecule has 1 aliphatic rings. The highest BCUT2D eigenvalue weighted by Crippen LogP contribution is 2.35. The van der Waals surface area contributed by atoms with Gasteiger partial charge in [-0.2, -0.15) is 0 Å². The fourth-order valence-corrected chi connectivity index (χ4v) is 5.07. The van der Waals surface area contributed by atoms with Gasteiger partial charge >= 0.3 is 0 Å². The molecule has 4 heteroatoms. The van der Waals surface area contributed by atoms with E-state index in [1.807, 2.05) is 24.3 Å². The largest absolute Gasteiger partial charge is 0.495 e. The molecule has 1 heterocycles. The van der Waals surface area contributed by atoms with Crippen LogP contribution in [0.4, 0.5) is 0 Å². The smallest absolute Gasteiger partial charge is 0.138 e. The van der Waals surface area contributed by atoms with Crippen LogP contribution in [0.3, 0.4) is 0 Å². The Balaban J connectivity index is 1.43. The summed E-state index contributed by atoms with van der Waals surface area (Å²) in [4.78, 5) is 2.45. The summed E-state index contributed by atoms with van der Waals surface area (Å²) in [5, 5.41) is 13.8. The Morgan fingerprint density at radius 1 is 1.06 bits per heavy atom. The molecule has 4 rings (SSSR count). The van der Waals surface area contributed by atoms with Crippen molar-refractivity contribution in [3.63, 3.8) is 0 Å². The zero-order valence-electron chi connectivity index (χ0n) is 18.9. The summed E-state index contributed by atoms with van der Waals surface area (Å²) < 4.78 is 5.32. The van der Waals surface area contributed by atoms with Crippen molar-refractivity contribution < 1.29 is 9.84 Å². The van der Waals surface area contributed by atoms with Crippen molar-refractivity contribution in [2.45, 2.75) is 44.8 Å². The van der Waals surface area contributed by atoms with Gasteiger partial charge in [-0.15, -0.1) is 0 Å². The van der Waals surface area contributed by atoms with Crippen molar-refractivity contribution in [2.24, 2.45) is 0 Å². The fraction of sp³-hybridized carbons (Fsp3) is 0.357. The Morgan fingerprint density at radius 2 is 1.81 bits per heavy atom. The Kier molecular flexibility index (Phi) is 7.51. The summed E-state index contributed by atoms with van der Waals surface area (Å²) >= 11 is 6.46. The second-order valence-corrected chi connectivity index (χ2v) is 8.95. The third-order valence-electron chi connectivity index (χ3n) is 6.67. The van der Waals surface area contributed by atoms with Crippen LogP contribution in [-0.2, 0) is 6.42 Å². The molecule has 0 bridgehead atoms. The van der Waals surface area contributed by atoms with Crippen molar-refractivity contribution in [1.29, 1.82) is 0 Å². The molecule has 3 nitrogen and oxygen atoms in total. The quantitative estimate of drug-likeness (QED) is 0.413. The number of fused-ring (bicyclic) bond motifs is 1. The second-order valence-electron chi connectivity index (χ2n) is 8.57. The Morgan fingerprint density at radius 3 is 2.50 bits per heavy atom. The highest BCUT2D eigenvalue weighted by molar-refractivity contribution is 6.37. The Hall–Kier alpha value is -2.33. The van der Waals surface area contributed by atoms with Crippen molar-refractivity contribution in [3.8, 4) is 5.75 Å². The van der Waals surface area contributed by atoms with E-state index in [0.29, 0.717) is 10.8 Å². The number of hydrogen-bond donors (Lipinski definition) is 1. The molecular weight excluding hydrogens is 418 g/mol. The average molecular weight is 450 g/mol. The summed E-state index contributed by atoms with van der Waals surface area (Å²) in [6.07, 6.45) is 5.92. The van der Waals surface area contributed by atoms with E-state index in [0.717, 1.165) is 55.1 Å². The fourth-order valence-electron chi connectivity index (χ4n) is 4.76. The summed E-state index contributed by atoms with van der Waals surface area (Å²) in [5.74, 6) is 0.670. The SMILES string of the molecule is CC[C@H]([C@H](O)c1ccc2c(Cl)c(OC)ccc2c1)N1CCC(=CCc2ccccc2)CC1. The summed E-state index contributed by atoms with van der Waals surface area (Å²) in [6, 6.07) is 20.7. The van der Waals surface area contributed by atoms with Crippen LogP contribution < -0.4 is 4.74 Å². The molecule has 0 radical (unpaired) electrons. The van der Waals surface area contributed by atoms with E-state index in [4.69, 9.17) is 16.3 Å². The maximum atomic E-state index is 11.3. The average Bonchev–Trinajstić information content (AvgIpc) is 2.84. The molecule has 3 aromatic carbocycles. The van der Waals surface area contributed by atoms with E-state index in [-0.39, 0.29) is 6.04 Å². The molecule has 1 saturated heterocycles. The van der Waals surface area contributed by atoms with Crippen LogP contribution in [0.15, 0.2) is 72.3 Å². The zero-order chi connectivity index (χ0) is 22.5. The van der Waals surface area contributed by atoms with Crippen molar-refractivity contribution in [1.82, 2.24) is 4.90 Å². The van der Waals surface area contributed by atoms with E-state index in [9.17, 15) is 5.11 Å². The number of aliphatic hydroxyl groups is 1. The lowest BCUT2D eigenvalue weighted by Gasteiger charge is -2.38. The molecule has 2 atom stereocenters. The molecule has 168 valence electrons. The maximum Gasteiger partial charge on any atom is 0.138 e. The first-order valence-corrected chi connectivity index (χ1v) is 11.9. The minimum atomic E-state index is -0.528. The third kappa shape index (κ3) is 5.01.